The van der Waals surface area contributed by atoms with E-state index >= 15 is 0 Å². The Morgan fingerprint density at radius 2 is 1.54 bits per heavy atom. The molecule has 0 radical (unpaired) electrons. The molecular formula is C22H17Cl2NO3. The zero-order chi connectivity index (χ0) is 19.4. The van der Waals surface area contributed by atoms with E-state index in [1.165, 1.54) is 4.90 Å². The number of rotatable bonds is 4. The van der Waals surface area contributed by atoms with Crippen LogP contribution in [0.3, 0.4) is 0 Å². The molecule has 4 nitrogen and oxygen atoms in total. The molecule has 2 aliphatic carbocycles. The molecule has 1 aliphatic heterocycles. The number of anilines is 1. The van der Waals surface area contributed by atoms with Gasteiger partial charge in [0, 0.05) is 0 Å². The fourth-order valence-electron chi connectivity index (χ4n) is 4.64. The van der Waals surface area contributed by atoms with Crippen molar-refractivity contribution in [3.8, 4) is 5.75 Å². The summed E-state index contributed by atoms with van der Waals surface area (Å²) in [6.07, 6.45) is 5.13. The highest BCUT2D eigenvalue weighted by molar-refractivity contribution is 6.42. The molecule has 0 spiro atoms. The number of ether oxygens (including phenoxy) is 1. The van der Waals surface area contributed by atoms with E-state index in [2.05, 4.69) is 12.2 Å². The van der Waals surface area contributed by atoms with Gasteiger partial charge in [-0.3, -0.25) is 14.5 Å². The molecule has 1 saturated heterocycles. The van der Waals surface area contributed by atoms with Crippen LogP contribution in [-0.4, -0.2) is 11.8 Å². The Balaban J connectivity index is 1.30. The maximum atomic E-state index is 12.9. The molecule has 28 heavy (non-hydrogen) atoms. The van der Waals surface area contributed by atoms with Gasteiger partial charge in [0.05, 0.1) is 27.6 Å². The van der Waals surface area contributed by atoms with Crippen LogP contribution in [-0.2, 0) is 16.2 Å². The van der Waals surface area contributed by atoms with Crippen LogP contribution in [0.2, 0.25) is 10.0 Å². The number of hydrogen-bond acceptors (Lipinski definition) is 3. The van der Waals surface area contributed by atoms with E-state index in [9.17, 15) is 9.59 Å². The molecule has 0 N–H and O–H groups in total. The summed E-state index contributed by atoms with van der Waals surface area (Å²) in [4.78, 5) is 27.1. The summed E-state index contributed by atoms with van der Waals surface area (Å²) in [5, 5.41) is 0.987. The number of fused-ring (bicyclic) bond motifs is 5. The molecule has 3 aliphatic rings. The highest BCUT2D eigenvalue weighted by atomic mass is 35.5. The van der Waals surface area contributed by atoms with E-state index in [1.54, 1.807) is 36.4 Å². The number of benzene rings is 2. The number of carbonyl (C=O) groups excluding carboxylic acids is 2. The third-order valence-corrected chi connectivity index (χ3v) is 6.69. The highest BCUT2D eigenvalue weighted by Gasteiger charge is 2.59. The summed E-state index contributed by atoms with van der Waals surface area (Å²) in [7, 11) is 0. The first-order valence-electron chi connectivity index (χ1n) is 9.26. The molecule has 6 heteroatoms. The van der Waals surface area contributed by atoms with E-state index in [0.717, 1.165) is 12.0 Å². The van der Waals surface area contributed by atoms with Gasteiger partial charge in [0.15, 0.2) is 0 Å². The van der Waals surface area contributed by atoms with Gasteiger partial charge in [0.2, 0.25) is 11.8 Å². The smallest absolute Gasteiger partial charge is 0.238 e. The third kappa shape index (κ3) is 2.75. The SMILES string of the molecule is O=C1[C@@H]2[C@H](C(=O)N1c1ccc(OCc3ccc(Cl)c(Cl)c3)cc1)[C@H]1C=C[C@H]2C1. The average Bonchev–Trinajstić information content (AvgIpc) is 3.37. The topological polar surface area (TPSA) is 46.6 Å². The van der Waals surface area contributed by atoms with Crippen LogP contribution in [0.5, 0.6) is 5.75 Å². The summed E-state index contributed by atoms with van der Waals surface area (Å²) in [5.41, 5.74) is 1.50. The molecule has 5 rings (SSSR count). The Hall–Kier alpha value is -2.30. The lowest BCUT2D eigenvalue weighted by Crippen LogP contribution is -2.32. The molecule has 0 aromatic heterocycles. The van der Waals surface area contributed by atoms with Crippen molar-refractivity contribution in [2.45, 2.75) is 13.0 Å². The van der Waals surface area contributed by atoms with Gasteiger partial charge in [-0.15, -0.1) is 0 Å². The largest absolute Gasteiger partial charge is 0.489 e. The van der Waals surface area contributed by atoms with Crippen molar-refractivity contribution in [1.29, 1.82) is 0 Å². The van der Waals surface area contributed by atoms with Crippen LogP contribution >= 0.6 is 23.2 Å². The van der Waals surface area contributed by atoms with Crippen LogP contribution in [0, 0.1) is 23.7 Å². The Bertz CT molecular complexity index is 971. The monoisotopic (exact) mass is 413 g/mol. The maximum absolute atomic E-state index is 12.9. The lowest BCUT2D eigenvalue weighted by atomic mass is 9.85. The van der Waals surface area contributed by atoms with Crippen molar-refractivity contribution in [2.75, 3.05) is 4.90 Å². The number of allylic oxidation sites excluding steroid dienone is 2. The van der Waals surface area contributed by atoms with Crippen molar-refractivity contribution in [3.63, 3.8) is 0 Å². The quantitative estimate of drug-likeness (QED) is 0.529. The second-order valence-corrected chi connectivity index (χ2v) is 8.36. The van der Waals surface area contributed by atoms with Gasteiger partial charge >= 0.3 is 0 Å². The number of imide groups is 1. The fourth-order valence-corrected chi connectivity index (χ4v) is 4.97. The predicted molar refractivity (Wildman–Crippen MR) is 107 cm³/mol. The van der Waals surface area contributed by atoms with Crippen LogP contribution in [0.4, 0.5) is 5.69 Å². The first-order chi connectivity index (χ1) is 13.5. The molecule has 0 unspecified atom stereocenters. The van der Waals surface area contributed by atoms with Crippen LogP contribution in [0.1, 0.15) is 12.0 Å². The lowest BCUT2D eigenvalue weighted by molar-refractivity contribution is -0.123. The van der Waals surface area contributed by atoms with Gasteiger partial charge in [0.25, 0.3) is 0 Å². The Kier molecular flexibility index (Phi) is 4.22. The minimum Gasteiger partial charge on any atom is -0.489 e. The van der Waals surface area contributed by atoms with Crippen molar-refractivity contribution >= 4 is 40.7 Å². The molecule has 4 atom stereocenters. The number of hydrogen-bond donors (Lipinski definition) is 0. The van der Waals surface area contributed by atoms with Crippen LogP contribution < -0.4 is 9.64 Å². The molecule has 142 valence electrons. The third-order valence-electron chi connectivity index (χ3n) is 5.95. The summed E-state index contributed by atoms with van der Waals surface area (Å²) >= 11 is 11.9. The summed E-state index contributed by atoms with van der Waals surface area (Å²) in [5.74, 6) is 0.556. The molecule has 2 bridgehead atoms. The first kappa shape index (κ1) is 17.8. The molecular weight excluding hydrogens is 397 g/mol. The van der Waals surface area contributed by atoms with Gasteiger partial charge in [-0.05, 0) is 60.2 Å². The minimum absolute atomic E-state index is 0.0728. The standard InChI is InChI=1S/C22H17Cl2NO3/c23-17-8-1-12(9-18(17)24)11-28-16-6-4-15(5-7-16)25-21(26)19-13-2-3-14(10-13)20(19)22(25)27/h1-9,13-14,19-20H,10-11H2/t13-,14-,19-,20+/m0/s1. The van der Waals surface area contributed by atoms with Gasteiger partial charge in [-0.25, -0.2) is 0 Å². The van der Waals surface area contributed by atoms with E-state index in [-0.39, 0.29) is 35.5 Å². The first-order valence-corrected chi connectivity index (χ1v) is 10.0. The van der Waals surface area contributed by atoms with E-state index < -0.39 is 0 Å². The minimum atomic E-state index is -0.187. The number of nitrogens with zero attached hydrogens (tertiary/aromatic N) is 1. The second kappa shape index (κ2) is 6.64. The molecule has 2 aromatic rings. The van der Waals surface area contributed by atoms with E-state index in [1.807, 2.05) is 6.07 Å². The highest BCUT2D eigenvalue weighted by Crippen LogP contribution is 2.53. The Labute approximate surface area is 172 Å². The van der Waals surface area contributed by atoms with Gasteiger partial charge in [-0.2, -0.15) is 0 Å². The lowest BCUT2D eigenvalue weighted by Gasteiger charge is -2.17. The van der Waals surface area contributed by atoms with Gasteiger partial charge in [0.1, 0.15) is 12.4 Å². The van der Waals surface area contributed by atoms with Crippen molar-refractivity contribution in [2.24, 2.45) is 23.7 Å². The molecule has 2 fully saturated rings. The number of carbonyl (C=O) groups is 2. The summed E-state index contributed by atoms with van der Waals surface area (Å²) in [6.45, 7) is 0.344. The zero-order valence-corrected chi connectivity index (χ0v) is 16.4. The van der Waals surface area contributed by atoms with Crippen LogP contribution in [0.25, 0.3) is 0 Å². The fraction of sp³-hybridized carbons (Fsp3) is 0.273. The number of amides is 2. The molecule has 2 amide bonds. The predicted octanol–water partition coefficient (Wildman–Crippen LogP) is 4.88. The van der Waals surface area contributed by atoms with Crippen LogP contribution in [0.15, 0.2) is 54.6 Å². The van der Waals surface area contributed by atoms with Gasteiger partial charge < -0.3 is 4.74 Å². The molecule has 1 saturated carbocycles. The molecule has 1 heterocycles. The summed E-state index contributed by atoms with van der Waals surface area (Å²) < 4.78 is 5.78. The second-order valence-electron chi connectivity index (χ2n) is 7.54. The van der Waals surface area contributed by atoms with Crippen molar-refractivity contribution < 1.29 is 14.3 Å². The van der Waals surface area contributed by atoms with Crippen molar-refractivity contribution in [1.82, 2.24) is 0 Å². The summed E-state index contributed by atoms with van der Waals surface area (Å²) in [6, 6.07) is 12.4. The van der Waals surface area contributed by atoms with Gasteiger partial charge in [-0.1, -0.05) is 41.4 Å². The Morgan fingerprint density at radius 1 is 0.893 bits per heavy atom. The normalized spacial score (nSPS) is 27.6. The van der Waals surface area contributed by atoms with E-state index in [4.69, 9.17) is 27.9 Å². The number of halogens is 2. The zero-order valence-electron chi connectivity index (χ0n) is 14.8. The Morgan fingerprint density at radius 3 is 2.14 bits per heavy atom. The average molecular weight is 414 g/mol. The van der Waals surface area contributed by atoms with Crippen molar-refractivity contribution in [3.05, 3.63) is 70.2 Å². The molecule has 2 aromatic carbocycles. The van der Waals surface area contributed by atoms with E-state index in [0.29, 0.717) is 28.1 Å². The maximum Gasteiger partial charge on any atom is 0.238 e.